The van der Waals surface area contributed by atoms with E-state index in [2.05, 4.69) is 53.7 Å². The molecule has 0 amide bonds. The minimum absolute atomic E-state index is 0.0502. The van der Waals surface area contributed by atoms with Crippen molar-refractivity contribution in [2.24, 2.45) is 0 Å². The monoisotopic (exact) mass is 500 g/mol. The van der Waals surface area contributed by atoms with Crippen LogP contribution in [0.4, 0.5) is 0 Å². The third-order valence-corrected chi connectivity index (χ3v) is 6.63. The first-order valence-corrected chi connectivity index (χ1v) is 12.7. The predicted molar refractivity (Wildman–Crippen MR) is 145 cm³/mol. The van der Waals surface area contributed by atoms with Crippen molar-refractivity contribution >= 4 is 11.9 Å². The summed E-state index contributed by atoms with van der Waals surface area (Å²) in [6.45, 7) is 14.9. The Morgan fingerprint density at radius 2 is 1.43 bits per heavy atom. The number of rotatable bonds is 6. The van der Waals surface area contributed by atoms with Crippen molar-refractivity contribution in [1.82, 2.24) is 0 Å². The van der Waals surface area contributed by atoms with E-state index in [-0.39, 0.29) is 29.4 Å². The number of benzene rings is 3. The zero-order valence-electron chi connectivity index (χ0n) is 22.8. The summed E-state index contributed by atoms with van der Waals surface area (Å²) >= 11 is 0. The van der Waals surface area contributed by atoms with E-state index < -0.39 is 5.92 Å². The second-order valence-corrected chi connectivity index (χ2v) is 11.6. The van der Waals surface area contributed by atoms with E-state index in [1.165, 1.54) is 12.5 Å². The molecule has 0 spiro atoms. The van der Waals surface area contributed by atoms with E-state index in [4.69, 9.17) is 14.2 Å². The number of carbonyl (C=O) groups is 2. The summed E-state index contributed by atoms with van der Waals surface area (Å²) < 4.78 is 16.4. The van der Waals surface area contributed by atoms with Gasteiger partial charge >= 0.3 is 11.9 Å². The van der Waals surface area contributed by atoms with Gasteiger partial charge in [0.25, 0.3) is 0 Å². The molecule has 37 heavy (non-hydrogen) atoms. The van der Waals surface area contributed by atoms with Gasteiger partial charge in [-0.2, -0.15) is 0 Å². The Morgan fingerprint density at radius 1 is 0.838 bits per heavy atom. The fourth-order valence-electron chi connectivity index (χ4n) is 4.53. The highest BCUT2D eigenvalue weighted by Gasteiger charge is 2.39. The highest BCUT2D eigenvalue weighted by Crippen LogP contribution is 2.47. The van der Waals surface area contributed by atoms with Crippen LogP contribution in [0, 0.1) is 0 Å². The lowest BCUT2D eigenvalue weighted by Gasteiger charge is -2.27. The zero-order valence-corrected chi connectivity index (χ0v) is 22.8. The van der Waals surface area contributed by atoms with Gasteiger partial charge in [-0.25, -0.2) is 0 Å². The number of hydrogen-bond acceptors (Lipinski definition) is 5. The predicted octanol–water partition coefficient (Wildman–Crippen LogP) is 6.94. The van der Waals surface area contributed by atoms with Crippen molar-refractivity contribution in [1.29, 1.82) is 0 Å². The highest BCUT2D eigenvalue weighted by atomic mass is 16.6. The number of ether oxygens (including phenoxy) is 3. The van der Waals surface area contributed by atoms with Crippen molar-refractivity contribution in [2.45, 2.75) is 65.2 Å². The Morgan fingerprint density at radius 3 is 1.97 bits per heavy atom. The lowest BCUT2D eigenvalue weighted by molar-refractivity contribution is -0.141. The van der Waals surface area contributed by atoms with Crippen LogP contribution in [-0.2, 0) is 25.2 Å². The maximum atomic E-state index is 13.1. The molecule has 1 aliphatic heterocycles. The average Bonchev–Trinajstić information content (AvgIpc) is 3.16. The second-order valence-electron chi connectivity index (χ2n) is 11.6. The van der Waals surface area contributed by atoms with Gasteiger partial charge in [0.2, 0.25) is 0 Å². The van der Waals surface area contributed by atoms with Crippen LogP contribution < -0.4 is 9.47 Å². The molecule has 0 N–H and O–H groups in total. The number of hydrogen-bond donors (Lipinski definition) is 0. The molecule has 0 saturated carbocycles. The van der Waals surface area contributed by atoms with Gasteiger partial charge in [0.1, 0.15) is 30.6 Å². The molecule has 4 rings (SSSR count). The standard InChI is InChI=1S/C32H36O5/c1-20(33)35-16-17-36-25-14-12-22(13-15-25)21-8-10-23(11-9-21)28-26-18-24(31(2,3)4)19-27(32(5,6)7)29(26)37-30(28)34/h8-15,18-19,28H,16-17H2,1-7H3. The Bertz CT molecular complexity index is 1290. The minimum Gasteiger partial charge on any atom is -0.490 e. The SMILES string of the molecule is CC(=O)OCCOc1ccc(-c2ccc(C3C(=O)Oc4c3cc(C(C)(C)C)cc4C(C)(C)C)cc2)cc1. The van der Waals surface area contributed by atoms with Gasteiger partial charge in [-0.3, -0.25) is 9.59 Å². The van der Waals surface area contributed by atoms with Gasteiger partial charge in [-0.05, 0) is 45.2 Å². The fourth-order valence-corrected chi connectivity index (χ4v) is 4.53. The number of esters is 2. The van der Waals surface area contributed by atoms with Gasteiger partial charge in [0.15, 0.2) is 0 Å². The van der Waals surface area contributed by atoms with Crippen LogP contribution in [0.15, 0.2) is 60.7 Å². The molecule has 1 unspecified atom stereocenters. The molecule has 0 saturated heterocycles. The van der Waals surface area contributed by atoms with Gasteiger partial charge < -0.3 is 14.2 Å². The van der Waals surface area contributed by atoms with E-state index >= 15 is 0 Å². The maximum Gasteiger partial charge on any atom is 0.323 e. The van der Waals surface area contributed by atoms with Crippen LogP contribution in [-0.4, -0.2) is 25.2 Å². The van der Waals surface area contributed by atoms with Crippen LogP contribution in [0.1, 0.15) is 76.6 Å². The molecular weight excluding hydrogens is 464 g/mol. The van der Waals surface area contributed by atoms with Crippen LogP contribution in [0.25, 0.3) is 11.1 Å². The first kappa shape index (κ1) is 26.5. The Kier molecular flexibility index (Phi) is 7.18. The van der Waals surface area contributed by atoms with E-state index in [0.29, 0.717) is 18.1 Å². The third kappa shape index (κ3) is 5.87. The molecule has 0 aromatic heterocycles. The van der Waals surface area contributed by atoms with Crippen LogP contribution in [0.2, 0.25) is 0 Å². The molecular formula is C32H36O5. The summed E-state index contributed by atoms with van der Waals surface area (Å²) in [5, 5.41) is 0. The van der Waals surface area contributed by atoms with Crippen molar-refractivity contribution in [3.8, 4) is 22.6 Å². The Labute approximate surface area is 219 Å². The second kappa shape index (κ2) is 10.0. The van der Waals surface area contributed by atoms with E-state index in [9.17, 15) is 9.59 Å². The average molecular weight is 501 g/mol. The van der Waals surface area contributed by atoms with Gasteiger partial charge in [-0.15, -0.1) is 0 Å². The van der Waals surface area contributed by atoms with Crippen molar-refractivity contribution in [3.05, 3.63) is 82.9 Å². The van der Waals surface area contributed by atoms with Gasteiger partial charge in [-0.1, -0.05) is 90.1 Å². The van der Waals surface area contributed by atoms with Crippen molar-refractivity contribution < 1.29 is 23.8 Å². The lowest BCUT2D eigenvalue weighted by Crippen LogP contribution is -2.17. The van der Waals surface area contributed by atoms with Crippen LogP contribution in [0.5, 0.6) is 11.5 Å². The van der Waals surface area contributed by atoms with E-state index in [0.717, 1.165) is 27.8 Å². The number of carbonyl (C=O) groups excluding carboxylic acids is 2. The molecule has 1 atom stereocenters. The smallest absolute Gasteiger partial charge is 0.323 e. The van der Waals surface area contributed by atoms with Crippen LogP contribution >= 0.6 is 0 Å². The summed E-state index contributed by atoms with van der Waals surface area (Å²) in [5.74, 6) is 0.432. The summed E-state index contributed by atoms with van der Waals surface area (Å²) in [5.41, 5.74) is 6.02. The first-order chi connectivity index (χ1) is 17.3. The highest BCUT2D eigenvalue weighted by molar-refractivity contribution is 5.90. The topological polar surface area (TPSA) is 61.8 Å². The van der Waals surface area contributed by atoms with Crippen LogP contribution in [0.3, 0.4) is 0 Å². The Balaban J connectivity index is 1.59. The fraction of sp³-hybridized carbons (Fsp3) is 0.375. The third-order valence-electron chi connectivity index (χ3n) is 6.63. The zero-order chi connectivity index (χ0) is 27.0. The number of fused-ring (bicyclic) bond motifs is 1. The quantitative estimate of drug-likeness (QED) is 0.208. The minimum atomic E-state index is -0.444. The first-order valence-electron chi connectivity index (χ1n) is 12.7. The van der Waals surface area contributed by atoms with Gasteiger partial charge in [0, 0.05) is 18.1 Å². The lowest BCUT2D eigenvalue weighted by atomic mass is 9.77. The molecule has 5 nitrogen and oxygen atoms in total. The summed E-state index contributed by atoms with van der Waals surface area (Å²) in [7, 11) is 0. The van der Waals surface area contributed by atoms with Crippen molar-refractivity contribution in [2.75, 3.05) is 13.2 Å². The maximum absolute atomic E-state index is 13.1. The molecule has 0 fully saturated rings. The summed E-state index contributed by atoms with van der Waals surface area (Å²) in [6.07, 6.45) is 0. The van der Waals surface area contributed by atoms with Gasteiger partial charge in [0.05, 0.1) is 0 Å². The normalized spacial score (nSPS) is 15.2. The van der Waals surface area contributed by atoms with Crippen molar-refractivity contribution in [3.63, 3.8) is 0 Å². The molecule has 1 aliphatic rings. The van der Waals surface area contributed by atoms with E-state index in [1.54, 1.807) is 0 Å². The largest absolute Gasteiger partial charge is 0.490 e. The summed E-state index contributed by atoms with van der Waals surface area (Å²) in [4.78, 5) is 24.0. The molecule has 3 aromatic rings. The molecule has 194 valence electrons. The molecule has 0 bridgehead atoms. The molecule has 1 heterocycles. The molecule has 0 aliphatic carbocycles. The summed E-state index contributed by atoms with van der Waals surface area (Å²) in [6, 6.07) is 20.2. The molecule has 0 radical (unpaired) electrons. The molecule has 3 aromatic carbocycles. The molecule has 5 heteroatoms. The Hall–Kier alpha value is -3.60. The van der Waals surface area contributed by atoms with E-state index in [1.807, 2.05) is 48.5 Å².